The first-order valence-electron chi connectivity index (χ1n) is 10.8. The first-order chi connectivity index (χ1) is 17.0. The van der Waals surface area contributed by atoms with Crippen molar-refractivity contribution in [1.29, 1.82) is 0 Å². The number of aromatic nitrogens is 3. The molecule has 2 fully saturated rings. The summed E-state index contributed by atoms with van der Waals surface area (Å²) in [6.07, 6.45) is 6.89. The number of carbonyl (C=O) groups excluding carboxylic acids is 2. The quantitative estimate of drug-likeness (QED) is 0.265. The van der Waals surface area contributed by atoms with Crippen molar-refractivity contribution in [3.05, 3.63) is 52.4 Å². The van der Waals surface area contributed by atoms with Crippen LogP contribution >= 0.6 is 11.3 Å². The van der Waals surface area contributed by atoms with Gasteiger partial charge in [0.15, 0.2) is 0 Å². The van der Waals surface area contributed by atoms with E-state index in [0.29, 0.717) is 36.7 Å². The zero-order valence-electron chi connectivity index (χ0n) is 19.1. The number of nitrogens with zero attached hydrogens (tertiary/aromatic N) is 4. The van der Waals surface area contributed by atoms with Crippen molar-refractivity contribution in [1.82, 2.24) is 15.0 Å². The van der Waals surface area contributed by atoms with Gasteiger partial charge in [0.2, 0.25) is 5.91 Å². The number of hydrogen-bond donors (Lipinski definition) is 0. The zero-order chi connectivity index (χ0) is 24.8. The number of alkyl halides is 2. The number of hydrogen-bond acceptors (Lipinski definition) is 7. The Hall–Kier alpha value is -3.22. The first kappa shape index (κ1) is 27.4. The van der Waals surface area contributed by atoms with Gasteiger partial charge in [-0.05, 0) is 36.4 Å². The maximum absolute atomic E-state index is 13.0. The SMILES string of the molecule is C(#CC1CC1)c1cn[c-]s1.COc1cnc(C(F)F)cc1-c1cc(N2CCCC2=O)ncc1[C-]=O.[Ni+2]. The second-order valence-corrected chi connectivity index (χ2v) is 8.64. The first-order valence-corrected chi connectivity index (χ1v) is 11.7. The van der Waals surface area contributed by atoms with E-state index in [1.165, 1.54) is 54.6 Å². The summed E-state index contributed by atoms with van der Waals surface area (Å²) in [5.74, 6) is 7.41. The molecule has 0 aromatic carbocycles. The van der Waals surface area contributed by atoms with Gasteiger partial charge in [0, 0.05) is 18.9 Å². The second-order valence-electron chi connectivity index (χ2n) is 7.81. The molecule has 1 aliphatic heterocycles. The summed E-state index contributed by atoms with van der Waals surface area (Å²) in [6.45, 7) is 0.519. The molecule has 0 bridgehead atoms. The topological polar surface area (TPSA) is 85.3 Å². The number of halogens is 2. The number of amides is 1. The molecule has 0 radical (unpaired) electrons. The van der Waals surface area contributed by atoms with Crippen LogP contribution in [-0.4, -0.2) is 40.8 Å². The fraction of sp³-hybridized carbons (Fsp3) is 0.320. The van der Waals surface area contributed by atoms with E-state index in [2.05, 4.69) is 32.3 Å². The summed E-state index contributed by atoms with van der Waals surface area (Å²) < 4.78 is 31.2. The van der Waals surface area contributed by atoms with Gasteiger partial charge in [-0.25, -0.2) is 8.78 Å². The molecule has 0 unspecified atom stereocenters. The molecular formula is C25H20F2N4NiO3S. The summed E-state index contributed by atoms with van der Waals surface area (Å²) >= 11 is 1.48. The third-order valence-corrected chi connectivity index (χ3v) is 5.96. The second kappa shape index (κ2) is 12.7. The van der Waals surface area contributed by atoms with Gasteiger partial charge in [-0.3, -0.25) is 26.0 Å². The number of methoxy groups -OCH3 is 1. The number of thiazole rings is 1. The molecule has 1 amide bonds. The molecule has 3 aromatic heterocycles. The van der Waals surface area contributed by atoms with Crippen LogP contribution in [0.4, 0.5) is 14.6 Å². The number of carbonyl (C=O) groups is 1. The molecule has 1 saturated heterocycles. The molecule has 5 rings (SSSR count). The molecular weight excluding hydrogens is 533 g/mol. The molecule has 3 aromatic rings. The Morgan fingerprint density at radius 1 is 1.22 bits per heavy atom. The van der Waals surface area contributed by atoms with Gasteiger partial charge in [-0.2, -0.15) is 0 Å². The van der Waals surface area contributed by atoms with Crippen LogP contribution in [0.1, 0.15) is 48.2 Å². The van der Waals surface area contributed by atoms with E-state index in [1.807, 2.05) is 0 Å². The summed E-state index contributed by atoms with van der Waals surface area (Å²) in [5.41, 5.74) is 2.98. The molecule has 1 saturated carbocycles. The van der Waals surface area contributed by atoms with E-state index in [-0.39, 0.29) is 39.3 Å². The van der Waals surface area contributed by atoms with Gasteiger partial charge in [-0.1, -0.05) is 17.1 Å². The Morgan fingerprint density at radius 3 is 2.61 bits per heavy atom. The molecule has 11 heteroatoms. The van der Waals surface area contributed by atoms with Gasteiger partial charge in [-0.15, -0.1) is 29.2 Å². The predicted octanol–water partition coefficient (Wildman–Crippen LogP) is 4.38. The third-order valence-electron chi connectivity index (χ3n) is 5.34. The third kappa shape index (κ3) is 6.71. The van der Waals surface area contributed by atoms with E-state index in [1.54, 1.807) is 12.5 Å². The van der Waals surface area contributed by atoms with Crippen molar-refractivity contribution in [3.8, 4) is 28.7 Å². The summed E-state index contributed by atoms with van der Waals surface area (Å²) in [5, 5.41) is 0. The van der Waals surface area contributed by atoms with Crippen LogP contribution in [0.25, 0.3) is 11.1 Å². The maximum atomic E-state index is 13.0. The minimum atomic E-state index is -2.77. The smallest absolute Gasteiger partial charge is 0.496 e. The Morgan fingerprint density at radius 2 is 2.03 bits per heavy atom. The van der Waals surface area contributed by atoms with Crippen LogP contribution < -0.4 is 9.64 Å². The van der Waals surface area contributed by atoms with E-state index in [4.69, 9.17) is 4.74 Å². The number of ether oxygens (including phenoxy) is 1. The monoisotopic (exact) mass is 552 g/mol. The number of pyridine rings is 2. The van der Waals surface area contributed by atoms with Crippen LogP contribution in [0.5, 0.6) is 5.75 Å². The normalized spacial score (nSPS) is 14.3. The van der Waals surface area contributed by atoms with Crippen molar-refractivity contribution >= 4 is 29.3 Å². The van der Waals surface area contributed by atoms with Crippen molar-refractivity contribution in [2.45, 2.75) is 32.1 Å². The molecule has 4 heterocycles. The standard InChI is InChI=1S/C17H14F2N3O3.C8H6NS.Ni/c1-25-14-8-20-13(17(18)19)5-12(14)11-6-15(21-7-10(11)9-23)22-4-2-3-16(22)24;1-2-7(1)3-4-8-5-9-6-10-8;/h5-8,17H,2-4H2,1H3;5,7H,1-2H2;/q2*-1;+2. The van der Waals surface area contributed by atoms with E-state index >= 15 is 0 Å². The average molecular weight is 553 g/mol. The summed E-state index contributed by atoms with van der Waals surface area (Å²) in [7, 11) is 1.37. The van der Waals surface area contributed by atoms with Crippen molar-refractivity contribution in [3.63, 3.8) is 0 Å². The number of anilines is 1. The van der Waals surface area contributed by atoms with E-state index in [0.717, 1.165) is 10.9 Å². The molecule has 36 heavy (non-hydrogen) atoms. The summed E-state index contributed by atoms with van der Waals surface area (Å²) in [4.78, 5) is 37.3. The van der Waals surface area contributed by atoms with Crippen LogP contribution in [-0.2, 0) is 26.1 Å². The maximum Gasteiger partial charge on any atom is 2.00 e. The van der Waals surface area contributed by atoms with E-state index in [9.17, 15) is 18.4 Å². The van der Waals surface area contributed by atoms with Crippen molar-refractivity contribution in [2.24, 2.45) is 5.92 Å². The van der Waals surface area contributed by atoms with Gasteiger partial charge >= 0.3 is 16.5 Å². The molecule has 188 valence electrons. The van der Waals surface area contributed by atoms with Gasteiger partial charge in [0.25, 0.3) is 6.43 Å². The molecule has 0 spiro atoms. The Labute approximate surface area is 221 Å². The zero-order valence-corrected chi connectivity index (χ0v) is 20.9. The minimum absolute atomic E-state index is 0. The molecule has 2 aliphatic rings. The Bertz CT molecular complexity index is 1270. The molecule has 7 nitrogen and oxygen atoms in total. The van der Waals surface area contributed by atoms with Gasteiger partial charge in [0.1, 0.15) is 17.3 Å². The van der Waals surface area contributed by atoms with Gasteiger partial charge < -0.3 is 19.5 Å². The molecule has 0 atom stereocenters. The fourth-order valence-corrected chi connectivity index (χ4v) is 3.80. The average Bonchev–Trinajstić information content (AvgIpc) is 3.37. The predicted molar refractivity (Wildman–Crippen MR) is 126 cm³/mol. The van der Waals surface area contributed by atoms with Gasteiger partial charge in [0.05, 0.1) is 19.6 Å². The molecule has 1 aliphatic carbocycles. The van der Waals surface area contributed by atoms with E-state index < -0.39 is 12.1 Å². The number of rotatable bonds is 5. The largest absolute Gasteiger partial charge is 2.00 e. The fourth-order valence-electron chi connectivity index (χ4n) is 3.38. The molecule has 0 N–H and O–H groups in total. The van der Waals surface area contributed by atoms with Crippen LogP contribution in [0.3, 0.4) is 0 Å². The van der Waals surface area contributed by atoms with Crippen LogP contribution in [0.2, 0.25) is 0 Å². The summed E-state index contributed by atoms with van der Waals surface area (Å²) in [6, 6.07) is 2.67. The van der Waals surface area contributed by atoms with Crippen LogP contribution in [0, 0.1) is 23.3 Å². The Balaban J connectivity index is 0.000000273. The Kier molecular flexibility index (Phi) is 9.62. The van der Waals surface area contributed by atoms with Crippen molar-refractivity contribution < 1.29 is 39.6 Å². The minimum Gasteiger partial charge on any atom is -0.496 e. The van der Waals surface area contributed by atoms with Crippen molar-refractivity contribution in [2.75, 3.05) is 18.6 Å². The van der Waals surface area contributed by atoms with Crippen LogP contribution in [0.15, 0.2) is 30.7 Å².